The molecule has 28 heavy (non-hydrogen) atoms. The lowest BCUT2D eigenvalue weighted by Gasteiger charge is -2.53. The Labute approximate surface area is 169 Å². The van der Waals surface area contributed by atoms with E-state index in [9.17, 15) is 5.26 Å². The van der Waals surface area contributed by atoms with E-state index in [0.717, 1.165) is 12.8 Å². The van der Waals surface area contributed by atoms with Crippen molar-refractivity contribution in [2.75, 3.05) is 0 Å². The molecule has 0 bridgehead atoms. The molecule has 2 aliphatic carbocycles. The van der Waals surface area contributed by atoms with Crippen LogP contribution in [0.3, 0.4) is 0 Å². The van der Waals surface area contributed by atoms with Crippen molar-refractivity contribution in [3.8, 4) is 6.07 Å². The molecule has 2 aliphatic rings. The maximum absolute atomic E-state index is 10.3. The molecule has 0 radical (unpaired) electrons. The Bertz CT molecular complexity index is 1010. The number of hydrogen-bond acceptors (Lipinski definition) is 1. The summed E-state index contributed by atoms with van der Waals surface area (Å²) in [6.45, 7) is 19.6. The van der Waals surface area contributed by atoms with E-state index >= 15 is 0 Å². The number of rotatable bonds is 3. The van der Waals surface area contributed by atoms with Gasteiger partial charge in [0.05, 0.1) is 12.0 Å². The van der Waals surface area contributed by atoms with Gasteiger partial charge in [-0.3, -0.25) is 0 Å². The first kappa shape index (κ1) is 19.1. The van der Waals surface area contributed by atoms with Gasteiger partial charge in [-0.1, -0.05) is 58.9 Å². The van der Waals surface area contributed by atoms with Crippen LogP contribution in [0.5, 0.6) is 0 Å². The van der Waals surface area contributed by atoms with E-state index in [1.807, 2.05) is 12.2 Å². The molecule has 146 valence electrons. The van der Waals surface area contributed by atoms with Gasteiger partial charge in [0, 0.05) is 33.3 Å². The molecule has 0 amide bonds. The Hall–Kier alpha value is -2.27. The van der Waals surface area contributed by atoms with Crippen LogP contribution in [0.2, 0.25) is 0 Å². The fourth-order valence-electron chi connectivity index (χ4n) is 6.03. The highest BCUT2D eigenvalue weighted by Crippen LogP contribution is 2.62. The highest BCUT2D eigenvalue weighted by Gasteiger charge is 2.55. The summed E-state index contributed by atoms with van der Waals surface area (Å²) in [6, 6.07) is 9.38. The zero-order chi connectivity index (χ0) is 20.5. The van der Waals surface area contributed by atoms with Crippen molar-refractivity contribution in [3.63, 3.8) is 0 Å². The van der Waals surface area contributed by atoms with E-state index in [4.69, 9.17) is 0 Å². The summed E-state index contributed by atoms with van der Waals surface area (Å²) in [5.41, 5.74) is 4.89. The van der Waals surface area contributed by atoms with Crippen LogP contribution in [0, 0.1) is 28.6 Å². The number of nitrogens with zero attached hydrogens (tertiary/aromatic N) is 1. The van der Waals surface area contributed by atoms with Crippen molar-refractivity contribution in [1.29, 1.82) is 5.26 Å². The van der Waals surface area contributed by atoms with E-state index in [2.05, 4.69) is 77.0 Å². The van der Waals surface area contributed by atoms with Crippen LogP contribution in [0.15, 0.2) is 43.5 Å². The number of allylic oxidation sites excluding steroid dienone is 2. The molecule has 2 aromatic rings. The molecule has 1 saturated carbocycles. The van der Waals surface area contributed by atoms with E-state index in [1.165, 1.54) is 27.7 Å². The normalized spacial score (nSPS) is 31.1. The fraction of sp³-hybridized carbons (Fsp3) is 0.500. The second-order valence-electron chi connectivity index (χ2n) is 10.3. The van der Waals surface area contributed by atoms with Crippen LogP contribution < -0.4 is 0 Å². The Kier molecular flexibility index (Phi) is 3.99. The minimum absolute atomic E-state index is 0.0343. The minimum atomic E-state index is -0.181. The summed E-state index contributed by atoms with van der Waals surface area (Å²) in [5, 5.41) is 11.7. The minimum Gasteiger partial charge on any atom is -0.357 e. The van der Waals surface area contributed by atoms with Crippen molar-refractivity contribution in [1.82, 2.24) is 4.98 Å². The Morgan fingerprint density at radius 1 is 1.25 bits per heavy atom. The molecule has 4 atom stereocenters. The summed E-state index contributed by atoms with van der Waals surface area (Å²) in [5.74, 6) is 0.572. The van der Waals surface area contributed by atoms with Gasteiger partial charge in [0.15, 0.2) is 0 Å². The summed E-state index contributed by atoms with van der Waals surface area (Å²) in [4.78, 5) is 3.74. The monoisotopic (exact) mass is 372 g/mol. The van der Waals surface area contributed by atoms with Gasteiger partial charge in [-0.2, -0.15) is 5.26 Å². The average molecular weight is 373 g/mol. The molecule has 1 heterocycles. The lowest BCUT2D eigenvalue weighted by molar-refractivity contribution is 0.0866. The second kappa shape index (κ2) is 5.86. The number of H-pyrrole nitrogens is 1. The molecule has 1 aromatic heterocycles. The number of aromatic amines is 1. The molecule has 1 fully saturated rings. The second-order valence-corrected chi connectivity index (χ2v) is 10.3. The first-order valence-corrected chi connectivity index (χ1v) is 10.4. The van der Waals surface area contributed by atoms with Crippen LogP contribution in [0.25, 0.3) is 10.9 Å². The zero-order valence-electron chi connectivity index (χ0n) is 17.9. The van der Waals surface area contributed by atoms with Gasteiger partial charge < -0.3 is 4.98 Å². The smallest absolute Gasteiger partial charge is 0.0671 e. The summed E-state index contributed by atoms with van der Waals surface area (Å²) >= 11 is 0. The molecule has 0 saturated heterocycles. The van der Waals surface area contributed by atoms with Crippen molar-refractivity contribution in [3.05, 3.63) is 60.3 Å². The molecule has 4 rings (SSSR count). The first-order chi connectivity index (χ1) is 13.1. The van der Waals surface area contributed by atoms with E-state index < -0.39 is 0 Å². The SMILES string of the molecule is C=CC(C)(C)c1[nH]c2cccc3c2c1[C@H]1[C@@H](C#N)[C@@](C)(C=C)CC[C@@H]1C3(C)C. The molecule has 2 nitrogen and oxygen atoms in total. The Morgan fingerprint density at radius 3 is 2.57 bits per heavy atom. The fourth-order valence-corrected chi connectivity index (χ4v) is 6.03. The zero-order valence-corrected chi connectivity index (χ0v) is 17.9. The van der Waals surface area contributed by atoms with Crippen molar-refractivity contribution in [2.45, 2.75) is 64.2 Å². The third-order valence-corrected chi connectivity index (χ3v) is 8.07. The van der Waals surface area contributed by atoms with Crippen LogP contribution in [0.4, 0.5) is 0 Å². The maximum Gasteiger partial charge on any atom is 0.0671 e. The van der Waals surface area contributed by atoms with Crippen molar-refractivity contribution < 1.29 is 0 Å². The van der Waals surface area contributed by atoms with Crippen molar-refractivity contribution >= 4 is 10.9 Å². The number of benzene rings is 1. The lowest BCUT2D eigenvalue weighted by Crippen LogP contribution is -2.47. The molecule has 0 spiro atoms. The summed E-state index contributed by atoms with van der Waals surface area (Å²) < 4.78 is 0. The predicted molar refractivity (Wildman–Crippen MR) is 117 cm³/mol. The number of nitriles is 1. The predicted octanol–water partition coefficient (Wildman–Crippen LogP) is 6.75. The highest BCUT2D eigenvalue weighted by molar-refractivity contribution is 5.91. The molecule has 1 N–H and O–H groups in total. The van der Waals surface area contributed by atoms with Gasteiger partial charge in [-0.15, -0.1) is 13.2 Å². The van der Waals surface area contributed by atoms with Gasteiger partial charge in [0.1, 0.15) is 0 Å². The number of hydrogen-bond donors (Lipinski definition) is 1. The van der Waals surface area contributed by atoms with Gasteiger partial charge in [0.25, 0.3) is 0 Å². The molecule has 0 unspecified atom stereocenters. The van der Waals surface area contributed by atoms with Crippen LogP contribution in [-0.4, -0.2) is 4.98 Å². The summed E-state index contributed by atoms with van der Waals surface area (Å²) in [7, 11) is 0. The number of nitrogens with one attached hydrogen (secondary N) is 1. The first-order valence-electron chi connectivity index (χ1n) is 10.4. The third kappa shape index (κ3) is 2.26. The molecular weight excluding hydrogens is 340 g/mol. The van der Waals surface area contributed by atoms with E-state index in [-0.39, 0.29) is 28.1 Å². The lowest BCUT2D eigenvalue weighted by atomic mass is 9.49. The van der Waals surface area contributed by atoms with Gasteiger partial charge in [-0.05, 0) is 41.4 Å². The van der Waals surface area contributed by atoms with Crippen LogP contribution in [0.1, 0.15) is 70.2 Å². The average Bonchev–Trinajstić information content (AvgIpc) is 3.06. The Balaban J connectivity index is 2.13. The third-order valence-electron chi connectivity index (χ3n) is 8.07. The van der Waals surface area contributed by atoms with E-state index in [1.54, 1.807) is 0 Å². The van der Waals surface area contributed by atoms with Crippen LogP contribution >= 0.6 is 0 Å². The number of aromatic nitrogens is 1. The molecule has 1 aromatic carbocycles. The standard InChI is InChI=1S/C26H32N2/c1-8-24(3,4)23-22-20-17(13-14-26(7,9-2)18(20)15-27)25(5,6)16-11-10-12-19(28-23)21(16)22/h8-12,17-18,20,28H,1-2,13-14H2,3-7H3/t17-,18+,20+,26-/m0/s1. The van der Waals surface area contributed by atoms with Gasteiger partial charge in [0.2, 0.25) is 0 Å². The summed E-state index contributed by atoms with van der Waals surface area (Å²) in [6.07, 6.45) is 6.20. The van der Waals surface area contributed by atoms with Crippen molar-refractivity contribution in [2.24, 2.45) is 17.3 Å². The van der Waals surface area contributed by atoms with Crippen LogP contribution in [-0.2, 0) is 10.8 Å². The maximum atomic E-state index is 10.3. The highest BCUT2D eigenvalue weighted by atomic mass is 14.8. The molecule has 2 heteroatoms. The Morgan fingerprint density at radius 2 is 1.96 bits per heavy atom. The van der Waals surface area contributed by atoms with Gasteiger partial charge in [-0.25, -0.2) is 0 Å². The largest absolute Gasteiger partial charge is 0.357 e. The quantitative estimate of drug-likeness (QED) is 0.595. The van der Waals surface area contributed by atoms with E-state index in [0.29, 0.717) is 5.92 Å². The topological polar surface area (TPSA) is 39.6 Å². The number of fused-ring (bicyclic) bond motifs is 2. The molecular formula is C26H32N2. The molecule has 0 aliphatic heterocycles. The van der Waals surface area contributed by atoms with Gasteiger partial charge >= 0.3 is 0 Å².